The number of hydrogen-bond donors (Lipinski definition) is 0. The van der Waals surface area contributed by atoms with E-state index >= 15 is 0 Å². The van der Waals surface area contributed by atoms with Crippen LogP contribution in [0.1, 0.15) is 52.9 Å². The van der Waals surface area contributed by atoms with E-state index in [9.17, 15) is 9.59 Å². The molecule has 1 rings (SSSR count). The van der Waals surface area contributed by atoms with Crippen LogP contribution < -0.4 is 0 Å². The molecular formula is C15H26O5. The van der Waals surface area contributed by atoms with E-state index in [2.05, 4.69) is 0 Å². The number of esters is 2. The predicted octanol–water partition coefficient (Wildman–Crippen LogP) is 2.47. The van der Waals surface area contributed by atoms with Gasteiger partial charge in [-0.2, -0.15) is 0 Å². The Morgan fingerprint density at radius 2 is 1.70 bits per heavy atom. The lowest BCUT2D eigenvalue weighted by Crippen LogP contribution is -2.45. The van der Waals surface area contributed by atoms with Crippen LogP contribution in [-0.4, -0.2) is 37.9 Å². The van der Waals surface area contributed by atoms with Crippen molar-refractivity contribution in [1.82, 2.24) is 0 Å². The molecule has 0 amide bonds. The number of rotatable bonds is 7. The zero-order valence-electron chi connectivity index (χ0n) is 12.8. The third-order valence-corrected chi connectivity index (χ3v) is 3.79. The van der Waals surface area contributed by atoms with Crippen LogP contribution >= 0.6 is 0 Å². The molecular weight excluding hydrogens is 260 g/mol. The van der Waals surface area contributed by atoms with Gasteiger partial charge in [0.1, 0.15) is 0 Å². The lowest BCUT2D eigenvalue weighted by Gasteiger charge is -2.33. The summed E-state index contributed by atoms with van der Waals surface area (Å²) in [6.07, 6.45) is 3.62. The Labute approximate surface area is 121 Å². The van der Waals surface area contributed by atoms with Crippen LogP contribution in [0.3, 0.4) is 0 Å². The summed E-state index contributed by atoms with van der Waals surface area (Å²) >= 11 is 0. The van der Waals surface area contributed by atoms with Crippen molar-refractivity contribution in [2.24, 2.45) is 5.41 Å². The summed E-state index contributed by atoms with van der Waals surface area (Å²) in [5, 5.41) is 0. The molecule has 5 nitrogen and oxygen atoms in total. The van der Waals surface area contributed by atoms with Gasteiger partial charge in [0, 0.05) is 13.0 Å². The molecule has 0 radical (unpaired) electrons. The predicted molar refractivity (Wildman–Crippen MR) is 74.2 cm³/mol. The van der Waals surface area contributed by atoms with Crippen molar-refractivity contribution in [3.05, 3.63) is 0 Å². The van der Waals surface area contributed by atoms with Gasteiger partial charge in [0.25, 0.3) is 0 Å². The van der Waals surface area contributed by atoms with Crippen molar-refractivity contribution in [1.29, 1.82) is 0 Å². The monoisotopic (exact) mass is 286 g/mol. The maximum atomic E-state index is 12.3. The molecule has 0 aromatic heterocycles. The van der Waals surface area contributed by atoms with E-state index in [-0.39, 0.29) is 19.3 Å². The summed E-state index contributed by atoms with van der Waals surface area (Å²) in [6, 6.07) is 0. The average Bonchev–Trinajstić information content (AvgIpc) is 2.46. The van der Waals surface area contributed by atoms with Gasteiger partial charge in [-0.05, 0) is 39.5 Å². The smallest absolute Gasteiger partial charge is 0.323 e. The van der Waals surface area contributed by atoms with Crippen molar-refractivity contribution >= 4 is 11.9 Å². The molecule has 1 heterocycles. The van der Waals surface area contributed by atoms with Crippen LogP contribution in [-0.2, 0) is 23.8 Å². The van der Waals surface area contributed by atoms with Crippen molar-refractivity contribution in [3.63, 3.8) is 0 Å². The van der Waals surface area contributed by atoms with E-state index < -0.39 is 17.4 Å². The van der Waals surface area contributed by atoms with Crippen LogP contribution in [0.15, 0.2) is 0 Å². The van der Waals surface area contributed by atoms with E-state index in [0.29, 0.717) is 19.4 Å². The second-order valence-corrected chi connectivity index (χ2v) is 5.07. The van der Waals surface area contributed by atoms with E-state index in [1.54, 1.807) is 13.8 Å². The normalized spacial score (nSPS) is 19.4. The fourth-order valence-corrected chi connectivity index (χ4v) is 2.58. The summed E-state index contributed by atoms with van der Waals surface area (Å²) in [5.74, 6) is -0.981. The quantitative estimate of drug-likeness (QED) is 0.531. The Balaban J connectivity index is 2.90. The third-order valence-electron chi connectivity index (χ3n) is 3.79. The van der Waals surface area contributed by atoms with Gasteiger partial charge in [-0.25, -0.2) is 0 Å². The maximum Gasteiger partial charge on any atom is 0.323 e. The molecule has 1 saturated heterocycles. The SMILES string of the molecule is CCOC(=O)C(CC)(CC1CCCCO1)C(=O)OCC. The molecule has 0 aromatic rings. The van der Waals surface area contributed by atoms with Gasteiger partial charge in [-0.3, -0.25) is 9.59 Å². The molecule has 1 fully saturated rings. The van der Waals surface area contributed by atoms with Crippen molar-refractivity contribution in [2.45, 2.75) is 59.0 Å². The van der Waals surface area contributed by atoms with Gasteiger partial charge in [-0.15, -0.1) is 0 Å². The number of carbonyl (C=O) groups excluding carboxylic acids is 2. The Hall–Kier alpha value is -1.10. The van der Waals surface area contributed by atoms with Crippen LogP contribution in [0.25, 0.3) is 0 Å². The van der Waals surface area contributed by atoms with Gasteiger partial charge < -0.3 is 14.2 Å². The largest absolute Gasteiger partial charge is 0.465 e. The van der Waals surface area contributed by atoms with E-state index in [1.807, 2.05) is 6.92 Å². The summed E-state index contributed by atoms with van der Waals surface area (Å²) in [5.41, 5.74) is -1.23. The minimum atomic E-state index is -1.23. The highest BCUT2D eigenvalue weighted by atomic mass is 16.6. The number of ether oxygens (including phenoxy) is 3. The Morgan fingerprint density at radius 3 is 2.10 bits per heavy atom. The standard InChI is InChI=1S/C15H26O5/c1-4-15(13(16)18-5-2,14(17)19-6-3)11-12-9-7-8-10-20-12/h12H,4-11H2,1-3H3. The van der Waals surface area contributed by atoms with Crippen molar-refractivity contribution in [3.8, 4) is 0 Å². The minimum absolute atomic E-state index is 0.0717. The summed E-state index contributed by atoms with van der Waals surface area (Å²) in [7, 11) is 0. The molecule has 5 heteroatoms. The van der Waals surface area contributed by atoms with Crippen molar-refractivity contribution in [2.75, 3.05) is 19.8 Å². The van der Waals surface area contributed by atoms with E-state index in [1.165, 1.54) is 0 Å². The lowest BCUT2D eigenvalue weighted by atomic mass is 9.78. The second-order valence-electron chi connectivity index (χ2n) is 5.07. The minimum Gasteiger partial charge on any atom is -0.465 e. The fraction of sp³-hybridized carbons (Fsp3) is 0.867. The molecule has 1 atom stereocenters. The zero-order valence-corrected chi connectivity index (χ0v) is 12.8. The highest BCUT2D eigenvalue weighted by molar-refractivity contribution is 6.00. The number of carbonyl (C=O) groups is 2. The van der Waals surface area contributed by atoms with Gasteiger partial charge in [0.2, 0.25) is 0 Å². The lowest BCUT2D eigenvalue weighted by molar-refractivity contribution is -0.176. The molecule has 20 heavy (non-hydrogen) atoms. The van der Waals surface area contributed by atoms with Gasteiger partial charge in [-0.1, -0.05) is 6.92 Å². The van der Waals surface area contributed by atoms with Crippen LogP contribution in [0, 0.1) is 5.41 Å². The average molecular weight is 286 g/mol. The third kappa shape index (κ3) is 3.95. The van der Waals surface area contributed by atoms with Gasteiger partial charge in [0.05, 0.1) is 19.3 Å². The maximum absolute atomic E-state index is 12.3. The summed E-state index contributed by atoms with van der Waals surface area (Å²) < 4.78 is 15.9. The topological polar surface area (TPSA) is 61.8 Å². The van der Waals surface area contributed by atoms with E-state index in [0.717, 1.165) is 19.3 Å². The molecule has 0 aliphatic carbocycles. The molecule has 1 aliphatic rings. The van der Waals surface area contributed by atoms with E-state index in [4.69, 9.17) is 14.2 Å². The first-order chi connectivity index (χ1) is 9.60. The Bertz CT molecular complexity index is 302. The molecule has 0 aromatic carbocycles. The summed E-state index contributed by atoms with van der Waals surface area (Å²) in [6.45, 7) is 6.49. The second kappa shape index (κ2) is 8.25. The fourth-order valence-electron chi connectivity index (χ4n) is 2.58. The summed E-state index contributed by atoms with van der Waals surface area (Å²) in [4.78, 5) is 24.6. The first kappa shape index (κ1) is 17.0. The highest BCUT2D eigenvalue weighted by Gasteiger charge is 2.49. The molecule has 0 N–H and O–H groups in total. The van der Waals surface area contributed by atoms with Crippen LogP contribution in [0.4, 0.5) is 0 Å². The zero-order chi connectivity index (χ0) is 15.0. The van der Waals surface area contributed by atoms with Crippen LogP contribution in [0.2, 0.25) is 0 Å². The molecule has 116 valence electrons. The highest BCUT2D eigenvalue weighted by Crippen LogP contribution is 2.35. The number of hydrogen-bond acceptors (Lipinski definition) is 5. The molecule has 1 aliphatic heterocycles. The molecule has 0 bridgehead atoms. The van der Waals surface area contributed by atoms with Gasteiger partial charge >= 0.3 is 11.9 Å². The molecule has 0 saturated carbocycles. The Morgan fingerprint density at radius 1 is 1.10 bits per heavy atom. The van der Waals surface area contributed by atoms with Crippen molar-refractivity contribution < 1.29 is 23.8 Å². The van der Waals surface area contributed by atoms with Crippen LogP contribution in [0.5, 0.6) is 0 Å². The molecule has 1 unspecified atom stereocenters. The Kier molecular flexibility index (Phi) is 6.99. The first-order valence-corrected chi connectivity index (χ1v) is 7.56. The first-order valence-electron chi connectivity index (χ1n) is 7.56. The molecule has 0 spiro atoms. The van der Waals surface area contributed by atoms with Gasteiger partial charge in [0.15, 0.2) is 5.41 Å².